The molecule has 0 N–H and O–H groups in total. The van der Waals surface area contributed by atoms with E-state index in [9.17, 15) is 0 Å². The van der Waals surface area contributed by atoms with Crippen LogP contribution in [0.5, 0.6) is 5.75 Å². The number of imidazole rings is 1. The first kappa shape index (κ1) is 11.5. The Bertz CT molecular complexity index is 598. The molecule has 0 unspecified atom stereocenters. The minimum absolute atomic E-state index is 0.383. The average Bonchev–Trinajstić information content (AvgIpc) is 2.70. The summed E-state index contributed by atoms with van der Waals surface area (Å²) >= 11 is 6.06. The number of nitriles is 1. The van der Waals surface area contributed by atoms with E-state index in [1.807, 2.05) is 13.1 Å². The van der Waals surface area contributed by atoms with Crippen LogP contribution in [0.15, 0.2) is 24.5 Å². The SMILES string of the molecule is COc1ccc(-c2c(C#N)ncn2C)cc1Cl. The molecule has 2 aromatic rings. The van der Waals surface area contributed by atoms with E-state index >= 15 is 0 Å². The van der Waals surface area contributed by atoms with Gasteiger partial charge < -0.3 is 9.30 Å². The maximum absolute atomic E-state index is 8.98. The first-order chi connectivity index (χ1) is 8.17. The predicted molar refractivity (Wildman–Crippen MR) is 64.9 cm³/mol. The van der Waals surface area contributed by atoms with E-state index in [1.54, 1.807) is 30.1 Å². The summed E-state index contributed by atoms with van der Waals surface area (Å²) in [5.74, 6) is 0.607. The first-order valence-corrected chi connectivity index (χ1v) is 5.30. The number of hydrogen-bond acceptors (Lipinski definition) is 3. The highest BCUT2D eigenvalue weighted by Gasteiger charge is 2.12. The highest BCUT2D eigenvalue weighted by molar-refractivity contribution is 6.32. The van der Waals surface area contributed by atoms with Gasteiger partial charge in [-0.15, -0.1) is 0 Å². The number of methoxy groups -OCH3 is 1. The molecule has 1 aromatic carbocycles. The lowest BCUT2D eigenvalue weighted by Crippen LogP contribution is -1.92. The fourth-order valence-corrected chi connectivity index (χ4v) is 1.92. The Morgan fingerprint density at radius 3 is 2.82 bits per heavy atom. The van der Waals surface area contributed by atoms with Gasteiger partial charge in [0.25, 0.3) is 0 Å². The molecule has 0 spiro atoms. The summed E-state index contributed by atoms with van der Waals surface area (Å²) in [6.07, 6.45) is 1.60. The number of aromatic nitrogens is 2. The minimum atomic E-state index is 0.383. The normalized spacial score (nSPS) is 10.0. The van der Waals surface area contributed by atoms with Gasteiger partial charge >= 0.3 is 0 Å². The topological polar surface area (TPSA) is 50.8 Å². The van der Waals surface area contributed by atoms with Gasteiger partial charge in [0.1, 0.15) is 11.8 Å². The second kappa shape index (κ2) is 4.48. The van der Waals surface area contributed by atoms with Crippen molar-refractivity contribution < 1.29 is 4.74 Å². The quantitative estimate of drug-likeness (QED) is 0.820. The Balaban J connectivity index is 2.58. The second-order valence-corrected chi connectivity index (χ2v) is 3.92. The molecular formula is C12H10ClN3O. The van der Waals surface area contributed by atoms with Crippen LogP contribution in [-0.4, -0.2) is 16.7 Å². The highest BCUT2D eigenvalue weighted by Crippen LogP contribution is 2.31. The number of aryl methyl sites for hydroxylation is 1. The van der Waals surface area contributed by atoms with Crippen LogP contribution in [0.4, 0.5) is 0 Å². The number of hydrogen-bond donors (Lipinski definition) is 0. The molecule has 17 heavy (non-hydrogen) atoms. The summed E-state index contributed by atoms with van der Waals surface area (Å²) in [6.45, 7) is 0. The van der Waals surface area contributed by atoms with Crippen LogP contribution in [0.25, 0.3) is 11.3 Å². The second-order valence-electron chi connectivity index (χ2n) is 3.51. The van der Waals surface area contributed by atoms with Gasteiger partial charge in [-0.3, -0.25) is 0 Å². The van der Waals surface area contributed by atoms with Crippen LogP contribution in [0, 0.1) is 11.3 Å². The lowest BCUT2D eigenvalue weighted by atomic mass is 10.1. The van der Waals surface area contributed by atoms with E-state index in [1.165, 1.54) is 0 Å². The van der Waals surface area contributed by atoms with Crippen LogP contribution in [0.3, 0.4) is 0 Å². The van der Waals surface area contributed by atoms with Gasteiger partial charge in [0.05, 0.1) is 24.2 Å². The van der Waals surface area contributed by atoms with Crippen LogP contribution in [0.2, 0.25) is 5.02 Å². The minimum Gasteiger partial charge on any atom is -0.495 e. The zero-order chi connectivity index (χ0) is 12.4. The fourth-order valence-electron chi connectivity index (χ4n) is 1.67. The maximum atomic E-state index is 8.98. The number of rotatable bonds is 2. The highest BCUT2D eigenvalue weighted by atomic mass is 35.5. The lowest BCUT2D eigenvalue weighted by molar-refractivity contribution is 0.415. The molecule has 0 aliphatic carbocycles. The molecule has 0 bridgehead atoms. The van der Waals surface area contributed by atoms with Crippen LogP contribution in [0.1, 0.15) is 5.69 Å². The number of benzene rings is 1. The van der Waals surface area contributed by atoms with Crippen LogP contribution >= 0.6 is 11.6 Å². The van der Waals surface area contributed by atoms with Crippen molar-refractivity contribution in [2.75, 3.05) is 7.11 Å². The standard InChI is InChI=1S/C12H10ClN3O/c1-16-7-15-10(6-14)12(16)8-3-4-11(17-2)9(13)5-8/h3-5,7H,1-2H3. The summed E-state index contributed by atoms with van der Waals surface area (Å²) in [4.78, 5) is 4.01. The fraction of sp³-hybridized carbons (Fsp3) is 0.167. The van der Waals surface area contributed by atoms with Crippen molar-refractivity contribution in [3.63, 3.8) is 0 Å². The van der Waals surface area contributed by atoms with Gasteiger partial charge in [0, 0.05) is 12.6 Å². The van der Waals surface area contributed by atoms with Crippen molar-refractivity contribution in [2.24, 2.45) is 7.05 Å². The first-order valence-electron chi connectivity index (χ1n) is 4.92. The Labute approximate surface area is 104 Å². The van der Waals surface area contributed by atoms with E-state index in [2.05, 4.69) is 11.1 Å². The average molecular weight is 248 g/mol. The smallest absolute Gasteiger partial charge is 0.166 e. The summed E-state index contributed by atoms with van der Waals surface area (Å²) in [5.41, 5.74) is 1.97. The molecule has 0 aliphatic heterocycles. The van der Waals surface area contributed by atoms with Crippen molar-refractivity contribution in [2.45, 2.75) is 0 Å². The number of halogens is 1. The van der Waals surface area contributed by atoms with Gasteiger partial charge in [-0.05, 0) is 18.2 Å². The summed E-state index contributed by atoms with van der Waals surface area (Å²) in [7, 11) is 3.40. The third kappa shape index (κ3) is 1.97. The van der Waals surface area contributed by atoms with Crippen molar-refractivity contribution in [1.29, 1.82) is 5.26 Å². The zero-order valence-electron chi connectivity index (χ0n) is 9.44. The summed E-state index contributed by atoms with van der Waals surface area (Å²) in [5, 5.41) is 9.49. The van der Waals surface area contributed by atoms with Gasteiger partial charge in [0.2, 0.25) is 0 Å². The molecule has 0 radical (unpaired) electrons. The molecule has 5 heteroatoms. The predicted octanol–water partition coefficient (Wildman–Crippen LogP) is 2.62. The van der Waals surface area contributed by atoms with Gasteiger partial charge in [-0.2, -0.15) is 5.26 Å². The Morgan fingerprint density at radius 1 is 1.47 bits per heavy atom. The number of nitrogens with zero attached hydrogens (tertiary/aromatic N) is 3. The summed E-state index contributed by atoms with van der Waals surface area (Å²) < 4.78 is 6.87. The molecule has 0 saturated carbocycles. The number of ether oxygens (including phenoxy) is 1. The van der Waals surface area contributed by atoms with E-state index < -0.39 is 0 Å². The van der Waals surface area contributed by atoms with Crippen molar-refractivity contribution in [1.82, 2.24) is 9.55 Å². The van der Waals surface area contributed by atoms with E-state index in [4.69, 9.17) is 21.6 Å². The van der Waals surface area contributed by atoms with E-state index in [0.717, 1.165) is 11.3 Å². The Morgan fingerprint density at radius 2 is 2.24 bits per heavy atom. The molecule has 86 valence electrons. The summed E-state index contributed by atoms with van der Waals surface area (Å²) in [6, 6.07) is 7.44. The van der Waals surface area contributed by atoms with E-state index in [-0.39, 0.29) is 0 Å². The van der Waals surface area contributed by atoms with Crippen LogP contribution < -0.4 is 4.74 Å². The molecule has 0 amide bonds. The molecule has 2 rings (SSSR count). The molecule has 0 saturated heterocycles. The molecule has 0 atom stereocenters. The monoisotopic (exact) mass is 247 g/mol. The third-order valence-electron chi connectivity index (χ3n) is 2.47. The van der Waals surface area contributed by atoms with Gasteiger partial charge in [-0.1, -0.05) is 11.6 Å². The lowest BCUT2D eigenvalue weighted by Gasteiger charge is -2.07. The maximum Gasteiger partial charge on any atom is 0.166 e. The van der Waals surface area contributed by atoms with Crippen molar-refractivity contribution in [3.8, 4) is 23.1 Å². The third-order valence-corrected chi connectivity index (χ3v) is 2.76. The van der Waals surface area contributed by atoms with Crippen LogP contribution in [-0.2, 0) is 7.05 Å². The molecule has 1 heterocycles. The van der Waals surface area contributed by atoms with E-state index in [0.29, 0.717) is 16.5 Å². The Kier molecular flexibility index (Phi) is 3.03. The molecule has 0 aliphatic rings. The van der Waals surface area contributed by atoms with Gasteiger partial charge in [0.15, 0.2) is 5.69 Å². The molecule has 0 fully saturated rings. The molecule has 4 nitrogen and oxygen atoms in total. The van der Waals surface area contributed by atoms with Crippen molar-refractivity contribution >= 4 is 11.6 Å². The van der Waals surface area contributed by atoms with Gasteiger partial charge in [-0.25, -0.2) is 4.98 Å². The molecule has 1 aromatic heterocycles. The van der Waals surface area contributed by atoms with Crippen molar-refractivity contribution in [3.05, 3.63) is 35.2 Å². The Hall–Kier alpha value is -1.99. The molecular weight excluding hydrogens is 238 g/mol. The largest absolute Gasteiger partial charge is 0.495 e. The zero-order valence-corrected chi connectivity index (χ0v) is 10.2.